The van der Waals surface area contributed by atoms with Crippen molar-refractivity contribution < 1.29 is 28.3 Å². The van der Waals surface area contributed by atoms with Gasteiger partial charge >= 0.3 is 11.7 Å². The number of nitrogens with one attached hydrogen (secondary N) is 1. The number of carbonyl (C=O) groups excluding carboxylic acids is 1. The molecule has 2 aromatic rings. The SMILES string of the molecule is C[n+]1cccc(C(=O)O[C@H]2[C@@H](F)[C@H](n3cc(/C=C/I)c(=O)[nH]c3=O)O[C@@H]2CO)c1. The van der Waals surface area contributed by atoms with E-state index >= 15 is 4.39 Å². The van der Waals surface area contributed by atoms with Gasteiger partial charge in [0.15, 0.2) is 30.9 Å². The molecule has 0 unspecified atom stereocenters. The van der Waals surface area contributed by atoms with Crippen molar-refractivity contribution >= 4 is 34.6 Å². The average molecular weight is 518 g/mol. The molecular formula is C18H18FIN3O6+. The molecule has 0 saturated carbocycles. The third kappa shape index (κ3) is 4.46. The van der Waals surface area contributed by atoms with Crippen molar-refractivity contribution in [2.75, 3.05) is 6.61 Å². The summed E-state index contributed by atoms with van der Waals surface area (Å²) in [7, 11) is 1.71. The minimum atomic E-state index is -1.95. The number of H-pyrrole nitrogens is 1. The smallest absolute Gasteiger partial charge is 0.344 e. The molecule has 1 aliphatic rings. The van der Waals surface area contributed by atoms with Crippen LogP contribution in [0.3, 0.4) is 0 Å². The number of halogens is 2. The minimum Gasteiger partial charge on any atom is -0.452 e. The van der Waals surface area contributed by atoms with Crippen molar-refractivity contribution in [3.8, 4) is 0 Å². The lowest BCUT2D eigenvalue weighted by Gasteiger charge is -2.18. The highest BCUT2D eigenvalue weighted by Crippen LogP contribution is 2.33. The number of hydrogen-bond acceptors (Lipinski definition) is 6. The second-order valence-electron chi connectivity index (χ2n) is 6.36. The molecule has 1 fully saturated rings. The standard InChI is InChI=1S/C18H17FIN3O6/c1-22-6-2-3-11(7-22)17(26)29-14-12(9-24)28-16(13(14)19)23-8-10(4-5-20)15(25)21-18(23)27/h2-8,12-14,16,24H,9H2,1H3/p+1/b5-4+/t12-,13-,14-,16-/m1/s1. The van der Waals surface area contributed by atoms with Crippen LogP contribution in [0.4, 0.5) is 4.39 Å². The molecule has 0 aliphatic carbocycles. The number of rotatable bonds is 5. The highest BCUT2D eigenvalue weighted by molar-refractivity contribution is 14.1. The van der Waals surface area contributed by atoms with Crippen LogP contribution in [0.15, 0.2) is 44.4 Å². The molecule has 3 heterocycles. The Balaban J connectivity index is 1.89. The van der Waals surface area contributed by atoms with Crippen LogP contribution in [-0.2, 0) is 16.5 Å². The number of alkyl halides is 1. The van der Waals surface area contributed by atoms with Gasteiger partial charge in [0.25, 0.3) is 5.56 Å². The number of aliphatic hydroxyl groups excluding tert-OH is 1. The van der Waals surface area contributed by atoms with Crippen molar-refractivity contribution in [1.82, 2.24) is 9.55 Å². The number of ether oxygens (including phenoxy) is 2. The van der Waals surface area contributed by atoms with E-state index in [0.29, 0.717) is 0 Å². The highest BCUT2D eigenvalue weighted by atomic mass is 127. The van der Waals surface area contributed by atoms with Gasteiger partial charge < -0.3 is 14.6 Å². The fourth-order valence-electron chi connectivity index (χ4n) is 2.98. The van der Waals surface area contributed by atoms with Gasteiger partial charge in [0.2, 0.25) is 0 Å². The summed E-state index contributed by atoms with van der Waals surface area (Å²) in [5.41, 5.74) is -1.20. The first-order valence-electron chi connectivity index (χ1n) is 8.54. The lowest BCUT2D eigenvalue weighted by Crippen LogP contribution is -2.38. The van der Waals surface area contributed by atoms with Crippen molar-refractivity contribution in [1.29, 1.82) is 0 Å². The van der Waals surface area contributed by atoms with E-state index in [9.17, 15) is 19.5 Å². The molecule has 29 heavy (non-hydrogen) atoms. The monoisotopic (exact) mass is 518 g/mol. The Labute approximate surface area is 177 Å². The van der Waals surface area contributed by atoms with E-state index in [1.54, 1.807) is 28.0 Å². The largest absolute Gasteiger partial charge is 0.452 e. The molecule has 3 rings (SSSR count). The van der Waals surface area contributed by atoms with Gasteiger partial charge in [-0.1, -0.05) is 22.6 Å². The first kappa shape index (κ1) is 21.3. The Morgan fingerprint density at radius 1 is 1.52 bits per heavy atom. The highest BCUT2D eigenvalue weighted by Gasteiger charge is 2.49. The second kappa shape index (κ2) is 8.97. The topological polar surface area (TPSA) is 114 Å². The second-order valence-corrected chi connectivity index (χ2v) is 7.08. The molecule has 154 valence electrons. The summed E-state index contributed by atoms with van der Waals surface area (Å²) in [4.78, 5) is 38.5. The van der Waals surface area contributed by atoms with Crippen molar-refractivity contribution in [2.45, 2.75) is 24.6 Å². The molecule has 0 amide bonds. The average Bonchev–Trinajstić information content (AvgIpc) is 2.99. The van der Waals surface area contributed by atoms with Gasteiger partial charge in [0, 0.05) is 12.3 Å². The zero-order valence-electron chi connectivity index (χ0n) is 15.2. The van der Waals surface area contributed by atoms with Gasteiger partial charge in [0.1, 0.15) is 18.7 Å². The van der Waals surface area contributed by atoms with Crippen LogP contribution in [-0.4, -0.2) is 45.6 Å². The van der Waals surface area contributed by atoms with E-state index in [-0.39, 0.29) is 11.1 Å². The molecule has 0 spiro atoms. The molecule has 0 bridgehead atoms. The van der Waals surface area contributed by atoms with Crippen molar-refractivity contribution in [3.63, 3.8) is 0 Å². The first-order chi connectivity index (χ1) is 13.8. The van der Waals surface area contributed by atoms with Gasteiger partial charge in [-0.15, -0.1) is 0 Å². The number of nitrogens with zero attached hydrogens (tertiary/aromatic N) is 2. The summed E-state index contributed by atoms with van der Waals surface area (Å²) in [6.07, 6.45) is -0.242. The van der Waals surface area contributed by atoms with E-state index in [0.717, 1.165) is 10.8 Å². The van der Waals surface area contributed by atoms with Crippen LogP contribution in [0.2, 0.25) is 0 Å². The van der Waals surface area contributed by atoms with E-state index < -0.39 is 48.4 Å². The molecular weight excluding hydrogens is 500 g/mol. The van der Waals surface area contributed by atoms with Gasteiger partial charge in [-0.25, -0.2) is 18.5 Å². The van der Waals surface area contributed by atoms with Crippen LogP contribution in [0, 0.1) is 0 Å². The van der Waals surface area contributed by atoms with Crippen molar-refractivity contribution in [3.05, 3.63) is 66.8 Å². The predicted octanol–water partition coefficient (Wildman–Crippen LogP) is 0.220. The quantitative estimate of drug-likeness (QED) is 0.333. The third-order valence-electron chi connectivity index (χ3n) is 4.38. The number of aromatic nitrogens is 3. The normalized spacial score (nSPS) is 24.1. The van der Waals surface area contributed by atoms with Crippen molar-refractivity contribution in [2.24, 2.45) is 7.05 Å². The van der Waals surface area contributed by atoms with Gasteiger partial charge in [0.05, 0.1) is 12.2 Å². The van der Waals surface area contributed by atoms with Crippen LogP contribution in [0.1, 0.15) is 22.1 Å². The zero-order chi connectivity index (χ0) is 21.1. The predicted molar refractivity (Wildman–Crippen MR) is 107 cm³/mol. The van der Waals surface area contributed by atoms with Crippen LogP contribution >= 0.6 is 22.6 Å². The molecule has 9 nitrogen and oxygen atoms in total. The van der Waals surface area contributed by atoms with Crippen LogP contribution < -0.4 is 15.8 Å². The Morgan fingerprint density at radius 2 is 2.28 bits per heavy atom. The summed E-state index contributed by atoms with van der Waals surface area (Å²) in [6, 6.07) is 3.13. The van der Waals surface area contributed by atoms with E-state index in [1.165, 1.54) is 18.3 Å². The number of aliphatic hydroxyl groups is 1. The third-order valence-corrected chi connectivity index (χ3v) is 4.74. The Bertz CT molecular complexity index is 1050. The molecule has 4 atom stereocenters. The van der Waals surface area contributed by atoms with Crippen LogP contribution in [0.25, 0.3) is 6.08 Å². The Hall–Kier alpha value is -2.38. The fourth-order valence-corrected chi connectivity index (χ4v) is 3.37. The number of aryl methyl sites for hydroxylation is 1. The van der Waals surface area contributed by atoms with Gasteiger partial charge in [-0.05, 0) is 16.2 Å². The Morgan fingerprint density at radius 3 is 2.93 bits per heavy atom. The summed E-state index contributed by atoms with van der Waals surface area (Å²) >= 11 is 1.90. The number of aromatic amines is 1. The maximum absolute atomic E-state index is 15.1. The lowest BCUT2D eigenvalue weighted by molar-refractivity contribution is -0.671. The number of carbonyl (C=O) groups is 1. The molecule has 11 heteroatoms. The summed E-state index contributed by atoms with van der Waals surface area (Å²) in [5.74, 6) is -0.793. The van der Waals surface area contributed by atoms with Gasteiger partial charge in [-0.2, -0.15) is 0 Å². The number of esters is 1. The molecule has 2 N–H and O–H groups in total. The molecule has 0 aromatic carbocycles. The minimum absolute atomic E-state index is 0.118. The van der Waals surface area contributed by atoms with Crippen LogP contribution in [0.5, 0.6) is 0 Å². The summed E-state index contributed by atoms with van der Waals surface area (Å²) in [6.45, 7) is -0.629. The zero-order valence-corrected chi connectivity index (χ0v) is 17.4. The molecule has 1 aliphatic heterocycles. The lowest BCUT2D eigenvalue weighted by atomic mass is 10.1. The first-order valence-corrected chi connectivity index (χ1v) is 9.79. The van der Waals surface area contributed by atoms with E-state index in [1.807, 2.05) is 22.6 Å². The van der Waals surface area contributed by atoms with Gasteiger partial charge in [-0.3, -0.25) is 14.3 Å². The Kier molecular flexibility index (Phi) is 6.59. The molecule has 2 aromatic heterocycles. The maximum atomic E-state index is 15.1. The molecule has 1 saturated heterocycles. The van der Waals surface area contributed by atoms with E-state index in [4.69, 9.17) is 9.47 Å². The number of hydrogen-bond donors (Lipinski definition) is 2. The molecule has 0 radical (unpaired) electrons. The maximum Gasteiger partial charge on any atom is 0.344 e. The summed E-state index contributed by atoms with van der Waals surface area (Å²) < 4.78 is 29.9. The fraction of sp³-hybridized carbons (Fsp3) is 0.333. The number of pyridine rings is 1. The van der Waals surface area contributed by atoms with E-state index in [2.05, 4.69) is 4.98 Å². The summed E-state index contributed by atoms with van der Waals surface area (Å²) in [5, 5.41) is 9.55.